The number of piperidine rings is 1. The van der Waals surface area contributed by atoms with Crippen LogP contribution in [0.4, 0.5) is 4.79 Å². The monoisotopic (exact) mass is 360 g/mol. The topological polar surface area (TPSA) is 59.1 Å². The number of nitrogens with zero attached hydrogens (tertiary/aromatic N) is 2. The number of amides is 2. The Morgan fingerprint density at radius 3 is 2.42 bits per heavy atom. The summed E-state index contributed by atoms with van der Waals surface area (Å²) in [7, 11) is 1.75. The number of aryl methyl sites for hydroxylation is 1. The molecule has 3 rings (SSSR count). The number of carbonyl (C=O) groups excluding carboxylic acids is 2. The average molecular weight is 360 g/mol. The lowest BCUT2D eigenvalue weighted by molar-refractivity contribution is -0.144. The Bertz CT molecular complexity index is 680. The maximum Gasteiger partial charge on any atom is 0.410 e. The fourth-order valence-electron chi connectivity index (χ4n) is 3.66. The van der Waals surface area contributed by atoms with Gasteiger partial charge in [-0.2, -0.15) is 0 Å². The van der Waals surface area contributed by atoms with Gasteiger partial charge in [-0.25, -0.2) is 4.79 Å². The van der Waals surface area contributed by atoms with Crippen LogP contribution >= 0.6 is 0 Å². The first-order valence-electron chi connectivity index (χ1n) is 9.26. The van der Waals surface area contributed by atoms with E-state index < -0.39 is 11.7 Å². The summed E-state index contributed by atoms with van der Waals surface area (Å²) in [5, 5.41) is 0. The molecule has 1 spiro atoms. The molecule has 2 heterocycles. The maximum atomic E-state index is 13.1. The zero-order valence-corrected chi connectivity index (χ0v) is 16.0. The van der Waals surface area contributed by atoms with Gasteiger partial charge in [-0.15, -0.1) is 0 Å². The molecule has 0 N–H and O–H groups in total. The van der Waals surface area contributed by atoms with Gasteiger partial charge in [0, 0.05) is 33.0 Å². The summed E-state index contributed by atoms with van der Waals surface area (Å²) >= 11 is 0. The fourth-order valence-corrected chi connectivity index (χ4v) is 3.66. The van der Waals surface area contributed by atoms with E-state index in [1.54, 1.807) is 11.9 Å². The Balaban J connectivity index is 1.66. The third-order valence-electron chi connectivity index (χ3n) is 5.32. The molecule has 1 aromatic rings. The van der Waals surface area contributed by atoms with Crippen molar-refractivity contribution >= 4 is 12.0 Å². The number of benzene rings is 1. The van der Waals surface area contributed by atoms with Crippen molar-refractivity contribution in [2.45, 2.75) is 45.3 Å². The molecule has 6 heteroatoms. The van der Waals surface area contributed by atoms with Crippen LogP contribution in [0.1, 0.15) is 32.3 Å². The first-order chi connectivity index (χ1) is 12.3. The molecule has 2 saturated heterocycles. The summed E-state index contributed by atoms with van der Waals surface area (Å²) in [6, 6.07) is 7.75. The standard InChI is InChI=1S/C20H28N2O4/c1-14(2)17(25-16-8-6-5-7-15(16)3)18(23)22-11-9-20(10-12-22)13-21(4)19(24)26-20/h5-8,14,17H,9-13H2,1-4H3/t17-/m1/s1. The van der Waals surface area contributed by atoms with Crippen molar-refractivity contribution in [2.24, 2.45) is 5.92 Å². The van der Waals surface area contributed by atoms with Gasteiger partial charge in [0.15, 0.2) is 6.10 Å². The van der Waals surface area contributed by atoms with Crippen LogP contribution in [0, 0.1) is 12.8 Å². The molecule has 2 aliphatic rings. The van der Waals surface area contributed by atoms with E-state index in [-0.39, 0.29) is 17.9 Å². The fraction of sp³-hybridized carbons (Fsp3) is 0.600. The van der Waals surface area contributed by atoms with Crippen molar-refractivity contribution in [3.8, 4) is 5.75 Å². The summed E-state index contributed by atoms with van der Waals surface area (Å²) < 4.78 is 11.7. The normalized spacial score (nSPS) is 20.4. The van der Waals surface area contributed by atoms with Crippen molar-refractivity contribution in [1.29, 1.82) is 0 Å². The Morgan fingerprint density at radius 2 is 1.88 bits per heavy atom. The van der Waals surface area contributed by atoms with E-state index in [9.17, 15) is 9.59 Å². The predicted octanol–water partition coefficient (Wildman–Crippen LogP) is 2.84. The second kappa shape index (κ2) is 7.17. The highest BCUT2D eigenvalue weighted by Gasteiger charge is 2.47. The van der Waals surface area contributed by atoms with Crippen molar-refractivity contribution in [3.05, 3.63) is 29.8 Å². The zero-order chi connectivity index (χ0) is 18.9. The Labute approximate surface area is 155 Å². The number of likely N-dealkylation sites (N-methyl/N-ethyl adjacent to an activating group) is 1. The van der Waals surface area contributed by atoms with Gasteiger partial charge in [0.1, 0.15) is 11.4 Å². The molecule has 2 aliphatic heterocycles. The van der Waals surface area contributed by atoms with E-state index >= 15 is 0 Å². The lowest BCUT2D eigenvalue weighted by Crippen LogP contribution is -2.52. The van der Waals surface area contributed by atoms with Gasteiger partial charge >= 0.3 is 6.09 Å². The molecule has 1 aromatic carbocycles. The summed E-state index contributed by atoms with van der Waals surface area (Å²) in [5.74, 6) is 0.823. The molecule has 26 heavy (non-hydrogen) atoms. The molecule has 6 nitrogen and oxygen atoms in total. The minimum absolute atomic E-state index is 0.00998. The highest BCUT2D eigenvalue weighted by Crippen LogP contribution is 2.33. The van der Waals surface area contributed by atoms with Crippen molar-refractivity contribution in [3.63, 3.8) is 0 Å². The third kappa shape index (κ3) is 3.64. The summed E-state index contributed by atoms with van der Waals surface area (Å²) in [5.41, 5.74) is 0.580. The molecular formula is C20H28N2O4. The van der Waals surface area contributed by atoms with E-state index in [2.05, 4.69) is 0 Å². The molecule has 0 aliphatic carbocycles. The predicted molar refractivity (Wildman–Crippen MR) is 98.1 cm³/mol. The second-order valence-corrected chi connectivity index (χ2v) is 7.78. The van der Waals surface area contributed by atoms with Crippen LogP contribution in [0.15, 0.2) is 24.3 Å². The van der Waals surface area contributed by atoms with Gasteiger partial charge < -0.3 is 19.3 Å². The number of hydrogen-bond donors (Lipinski definition) is 0. The minimum Gasteiger partial charge on any atom is -0.480 e. The molecular weight excluding hydrogens is 332 g/mol. The first kappa shape index (κ1) is 18.5. The average Bonchev–Trinajstić information content (AvgIpc) is 2.87. The smallest absolute Gasteiger partial charge is 0.410 e. The Hall–Kier alpha value is -2.24. The summed E-state index contributed by atoms with van der Waals surface area (Å²) in [4.78, 5) is 28.2. The van der Waals surface area contributed by atoms with Crippen molar-refractivity contribution in [2.75, 3.05) is 26.7 Å². The number of likely N-dealkylation sites (tertiary alicyclic amines) is 1. The number of hydrogen-bond acceptors (Lipinski definition) is 4. The number of ether oxygens (including phenoxy) is 2. The Morgan fingerprint density at radius 1 is 1.23 bits per heavy atom. The van der Waals surface area contributed by atoms with E-state index in [0.717, 1.165) is 11.3 Å². The van der Waals surface area contributed by atoms with Gasteiger partial charge in [-0.1, -0.05) is 32.0 Å². The van der Waals surface area contributed by atoms with Gasteiger partial charge in [-0.3, -0.25) is 4.79 Å². The minimum atomic E-state index is -0.515. The summed E-state index contributed by atoms with van der Waals surface area (Å²) in [6.07, 6.45) is 0.556. The van der Waals surface area contributed by atoms with E-state index in [1.165, 1.54) is 0 Å². The number of carbonyl (C=O) groups is 2. The van der Waals surface area contributed by atoms with E-state index in [4.69, 9.17) is 9.47 Å². The molecule has 0 bridgehead atoms. The lowest BCUT2D eigenvalue weighted by Gasteiger charge is -2.39. The maximum absolute atomic E-state index is 13.1. The van der Waals surface area contributed by atoms with Crippen LogP contribution in [-0.2, 0) is 9.53 Å². The van der Waals surface area contributed by atoms with Gasteiger partial charge in [-0.05, 0) is 24.5 Å². The molecule has 2 fully saturated rings. The molecule has 0 saturated carbocycles. The summed E-state index contributed by atoms with van der Waals surface area (Å²) in [6.45, 7) is 7.74. The highest BCUT2D eigenvalue weighted by atomic mass is 16.6. The highest BCUT2D eigenvalue weighted by molar-refractivity contribution is 5.82. The van der Waals surface area contributed by atoms with E-state index in [0.29, 0.717) is 32.5 Å². The SMILES string of the molecule is Cc1ccccc1O[C@@H](C(=O)N1CCC2(CC1)CN(C)C(=O)O2)C(C)C. The number of para-hydroxylation sites is 1. The third-order valence-corrected chi connectivity index (χ3v) is 5.32. The quantitative estimate of drug-likeness (QED) is 0.828. The Kier molecular flexibility index (Phi) is 5.12. The molecule has 2 amide bonds. The molecule has 142 valence electrons. The van der Waals surface area contributed by atoms with Crippen LogP contribution in [-0.4, -0.2) is 60.2 Å². The first-order valence-corrected chi connectivity index (χ1v) is 9.26. The number of rotatable bonds is 4. The van der Waals surface area contributed by atoms with Crippen molar-refractivity contribution < 1.29 is 19.1 Å². The van der Waals surface area contributed by atoms with Crippen LogP contribution in [0.5, 0.6) is 5.75 Å². The second-order valence-electron chi connectivity index (χ2n) is 7.78. The van der Waals surface area contributed by atoms with Crippen LogP contribution in [0.3, 0.4) is 0 Å². The molecule has 0 unspecified atom stereocenters. The van der Waals surface area contributed by atoms with E-state index in [1.807, 2.05) is 49.9 Å². The van der Waals surface area contributed by atoms with Crippen LogP contribution in [0.25, 0.3) is 0 Å². The van der Waals surface area contributed by atoms with Crippen molar-refractivity contribution in [1.82, 2.24) is 9.80 Å². The lowest BCUT2D eigenvalue weighted by atomic mass is 9.90. The van der Waals surface area contributed by atoms with Gasteiger partial charge in [0.25, 0.3) is 5.91 Å². The largest absolute Gasteiger partial charge is 0.480 e. The van der Waals surface area contributed by atoms with Crippen LogP contribution < -0.4 is 4.74 Å². The zero-order valence-electron chi connectivity index (χ0n) is 16.0. The molecule has 0 radical (unpaired) electrons. The molecule has 1 atom stereocenters. The van der Waals surface area contributed by atoms with Gasteiger partial charge in [0.05, 0.1) is 6.54 Å². The van der Waals surface area contributed by atoms with Crippen LogP contribution in [0.2, 0.25) is 0 Å². The molecule has 0 aromatic heterocycles. The van der Waals surface area contributed by atoms with Gasteiger partial charge in [0.2, 0.25) is 0 Å².